The summed E-state index contributed by atoms with van der Waals surface area (Å²) < 4.78 is 5.20. The highest BCUT2D eigenvalue weighted by Crippen LogP contribution is 2.42. The second kappa shape index (κ2) is 6.14. The van der Waals surface area contributed by atoms with E-state index in [-0.39, 0.29) is 5.97 Å². The van der Waals surface area contributed by atoms with Crippen LogP contribution in [0.1, 0.15) is 30.9 Å². The van der Waals surface area contributed by atoms with E-state index in [1.165, 1.54) is 0 Å². The summed E-state index contributed by atoms with van der Waals surface area (Å²) in [6.07, 6.45) is 1.52. The molecule has 1 fully saturated rings. The highest BCUT2D eigenvalue weighted by atomic mass is 16.5. The Labute approximate surface area is 130 Å². The first-order valence-electron chi connectivity index (χ1n) is 7.63. The standard InChI is InChI=1S/C19H19NO2/c1-2-22-18(21)19(13-14-19)20-17(15-9-5-3-6-10-15)16-11-7-4-8-12-16/h3-12H,2,13-14H2,1H3. The van der Waals surface area contributed by atoms with Crippen molar-refractivity contribution < 1.29 is 9.53 Å². The molecule has 0 amide bonds. The first kappa shape index (κ1) is 14.5. The molecular formula is C19H19NO2. The summed E-state index contributed by atoms with van der Waals surface area (Å²) in [4.78, 5) is 17.0. The van der Waals surface area contributed by atoms with Gasteiger partial charge in [-0.25, -0.2) is 4.79 Å². The Balaban J connectivity index is 2.03. The van der Waals surface area contributed by atoms with Crippen molar-refractivity contribution in [3.8, 4) is 0 Å². The summed E-state index contributed by atoms with van der Waals surface area (Å²) in [5.41, 5.74) is 2.21. The number of aliphatic imine (C=N–C) groups is 1. The zero-order chi connectivity index (χ0) is 15.4. The Bertz CT molecular complexity index is 632. The number of ether oxygens (including phenoxy) is 1. The van der Waals surface area contributed by atoms with Crippen molar-refractivity contribution in [3.05, 3.63) is 71.8 Å². The van der Waals surface area contributed by atoms with Gasteiger partial charge in [-0.05, 0) is 19.8 Å². The van der Waals surface area contributed by atoms with E-state index in [1.807, 2.05) is 67.6 Å². The van der Waals surface area contributed by atoms with Crippen LogP contribution in [0, 0.1) is 0 Å². The molecule has 112 valence electrons. The molecule has 0 spiro atoms. The fourth-order valence-corrected chi connectivity index (χ4v) is 2.45. The van der Waals surface area contributed by atoms with Gasteiger partial charge < -0.3 is 4.74 Å². The van der Waals surface area contributed by atoms with Crippen molar-refractivity contribution >= 4 is 11.7 Å². The lowest BCUT2D eigenvalue weighted by Gasteiger charge is -2.13. The number of nitrogens with zero attached hydrogens (tertiary/aromatic N) is 1. The van der Waals surface area contributed by atoms with E-state index in [0.717, 1.165) is 29.7 Å². The number of carbonyl (C=O) groups excluding carboxylic acids is 1. The highest BCUT2D eigenvalue weighted by Gasteiger charge is 2.52. The molecule has 1 saturated carbocycles. The quantitative estimate of drug-likeness (QED) is 0.624. The fourth-order valence-electron chi connectivity index (χ4n) is 2.45. The molecule has 0 N–H and O–H groups in total. The molecular weight excluding hydrogens is 274 g/mol. The van der Waals surface area contributed by atoms with Gasteiger partial charge in [0.2, 0.25) is 0 Å². The monoisotopic (exact) mass is 293 g/mol. The van der Waals surface area contributed by atoms with Crippen LogP contribution in [0.3, 0.4) is 0 Å². The van der Waals surface area contributed by atoms with Gasteiger partial charge in [-0.15, -0.1) is 0 Å². The normalized spacial score (nSPS) is 15.0. The molecule has 3 nitrogen and oxygen atoms in total. The third-order valence-corrected chi connectivity index (χ3v) is 3.80. The SMILES string of the molecule is CCOC(=O)C1(N=C(c2ccccc2)c2ccccc2)CC1. The number of carbonyl (C=O) groups is 1. The zero-order valence-corrected chi connectivity index (χ0v) is 12.7. The van der Waals surface area contributed by atoms with Gasteiger partial charge in [0.05, 0.1) is 12.3 Å². The molecule has 0 heterocycles. The minimum Gasteiger partial charge on any atom is -0.464 e. The number of benzene rings is 2. The molecule has 0 bridgehead atoms. The largest absolute Gasteiger partial charge is 0.464 e. The van der Waals surface area contributed by atoms with Gasteiger partial charge in [0.1, 0.15) is 0 Å². The predicted molar refractivity (Wildman–Crippen MR) is 87.1 cm³/mol. The van der Waals surface area contributed by atoms with E-state index < -0.39 is 5.54 Å². The number of esters is 1. The Hall–Kier alpha value is -2.42. The van der Waals surface area contributed by atoms with Crippen LogP contribution >= 0.6 is 0 Å². The maximum Gasteiger partial charge on any atom is 0.334 e. The van der Waals surface area contributed by atoms with E-state index in [2.05, 4.69) is 0 Å². The summed E-state index contributed by atoms with van der Waals surface area (Å²) in [5, 5.41) is 0. The van der Waals surface area contributed by atoms with Crippen LogP contribution in [-0.2, 0) is 9.53 Å². The van der Waals surface area contributed by atoms with Gasteiger partial charge in [0, 0.05) is 11.1 Å². The summed E-state index contributed by atoms with van der Waals surface area (Å²) in [5.74, 6) is -0.209. The Kier molecular flexibility index (Phi) is 4.05. The average molecular weight is 293 g/mol. The average Bonchev–Trinajstić information content (AvgIpc) is 3.36. The first-order chi connectivity index (χ1) is 10.7. The molecule has 3 rings (SSSR count). The number of hydrogen-bond acceptors (Lipinski definition) is 3. The Morgan fingerprint density at radius 1 is 1.00 bits per heavy atom. The third kappa shape index (κ3) is 2.93. The van der Waals surface area contributed by atoms with Crippen molar-refractivity contribution in [3.63, 3.8) is 0 Å². The van der Waals surface area contributed by atoms with Gasteiger partial charge in [-0.2, -0.15) is 0 Å². The molecule has 0 atom stereocenters. The van der Waals surface area contributed by atoms with Crippen LogP contribution < -0.4 is 0 Å². The van der Waals surface area contributed by atoms with E-state index in [0.29, 0.717) is 6.61 Å². The van der Waals surface area contributed by atoms with Crippen molar-refractivity contribution in [2.45, 2.75) is 25.3 Å². The minimum absolute atomic E-state index is 0.209. The zero-order valence-electron chi connectivity index (χ0n) is 12.7. The predicted octanol–water partition coefficient (Wildman–Crippen LogP) is 3.62. The van der Waals surface area contributed by atoms with Crippen LogP contribution in [0.15, 0.2) is 65.7 Å². The van der Waals surface area contributed by atoms with Crippen LogP contribution in [0.4, 0.5) is 0 Å². The van der Waals surface area contributed by atoms with Gasteiger partial charge >= 0.3 is 5.97 Å². The minimum atomic E-state index is -0.684. The maximum atomic E-state index is 12.2. The van der Waals surface area contributed by atoms with Gasteiger partial charge in [-0.1, -0.05) is 60.7 Å². The van der Waals surface area contributed by atoms with Crippen LogP contribution in [0.25, 0.3) is 0 Å². The molecule has 0 saturated heterocycles. The molecule has 1 aliphatic carbocycles. The van der Waals surface area contributed by atoms with E-state index in [1.54, 1.807) is 0 Å². The van der Waals surface area contributed by atoms with Crippen molar-refractivity contribution in [1.82, 2.24) is 0 Å². The Morgan fingerprint density at radius 2 is 1.50 bits per heavy atom. The molecule has 0 unspecified atom stereocenters. The number of rotatable bonds is 5. The van der Waals surface area contributed by atoms with Crippen molar-refractivity contribution in [2.75, 3.05) is 6.61 Å². The molecule has 3 heteroatoms. The van der Waals surface area contributed by atoms with Gasteiger partial charge in [0.25, 0.3) is 0 Å². The Morgan fingerprint density at radius 3 is 1.91 bits per heavy atom. The smallest absolute Gasteiger partial charge is 0.334 e. The number of hydrogen-bond donors (Lipinski definition) is 0. The maximum absolute atomic E-state index is 12.2. The molecule has 0 aliphatic heterocycles. The third-order valence-electron chi connectivity index (χ3n) is 3.80. The lowest BCUT2D eigenvalue weighted by Crippen LogP contribution is -2.25. The molecule has 0 radical (unpaired) electrons. The summed E-state index contributed by atoms with van der Waals surface area (Å²) in [6, 6.07) is 20.0. The molecule has 2 aromatic carbocycles. The van der Waals surface area contributed by atoms with Crippen LogP contribution in [-0.4, -0.2) is 23.8 Å². The second-order valence-electron chi connectivity index (χ2n) is 5.44. The van der Waals surface area contributed by atoms with Crippen LogP contribution in [0.5, 0.6) is 0 Å². The van der Waals surface area contributed by atoms with E-state index >= 15 is 0 Å². The van der Waals surface area contributed by atoms with Gasteiger partial charge in [-0.3, -0.25) is 4.99 Å². The second-order valence-corrected chi connectivity index (χ2v) is 5.44. The fraction of sp³-hybridized carbons (Fsp3) is 0.263. The van der Waals surface area contributed by atoms with Crippen molar-refractivity contribution in [2.24, 2.45) is 4.99 Å². The van der Waals surface area contributed by atoms with E-state index in [4.69, 9.17) is 9.73 Å². The van der Waals surface area contributed by atoms with Gasteiger partial charge in [0.15, 0.2) is 5.54 Å². The lowest BCUT2D eigenvalue weighted by atomic mass is 10.0. The molecule has 0 aromatic heterocycles. The molecule has 22 heavy (non-hydrogen) atoms. The highest BCUT2D eigenvalue weighted by molar-refractivity contribution is 6.14. The topological polar surface area (TPSA) is 38.7 Å². The van der Waals surface area contributed by atoms with Crippen molar-refractivity contribution in [1.29, 1.82) is 0 Å². The van der Waals surface area contributed by atoms with Crippen LogP contribution in [0.2, 0.25) is 0 Å². The summed E-state index contributed by atoms with van der Waals surface area (Å²) in [7, 11) is 0. The lowest BCUT2D eigenvalue weighted by molar-refractivity contribution is -0.145. The summed E-state index contributed by atoms with van der Waals surface area (Å²) in [6.45, 7) is 2.22. The molecule has 2 aromatic rings. The first-order valence-corrected chi connectivity index (χ1v) is 7.63. The molecule has 1 aliphatic rings. The van der Waals surface area contributed by atoms with E-state index in [9.17, 15) is 4.79 Å². The summed E-state index contributed by atoms with van der Waals surface area (Å²) >= 11 is 0.